The lowest BCUT2D eigenvalue weighted by Crippen LogP contribution is -2.40. The number of ether oxygens (including phenoxy) is 1. The van der Waals surface area contributed by atoms with E-state index in [9.17, 15) is 0 Å². The van der Waals surface area contributed by atoms with Gasteiger partial charge in [0.15, 0.2) is 17.2 Å². The van der Waals surface area contributed by atoms with Crippen LogP contribution in [0.15, 0.2) is 18.3 Å². The van der Waals surface area contributed by atoms with Crippen molar-refractivity contribution in [2.45, 2.75) is 39.2 Å². The van der Waals surface area contributed by atoms with Gasteiger partial charge < -0.3 is 9.64 Å². The van der Waals surface area contributed by atoms with Crippen molar-refractivity contribution in [2.24, 2.45) is 5.92 Å². The zero-order valence-electron chi connectivity index (χ0n) is 13.1. The van der Waals surface area contributed by atoms with Crippen LogP contribution >= 0.6 is 0 Å². The first-order valence-electron chi connectivity index (χ1n) is 7.79. The molecule has 2 aromatic rings. The van der Waals surface area contributed by atoms with Crippen molar-refractivity contribution in [3.05, 3.63) is 24.2 Å². The van der Waals surface area contributed by atoms with Gasteiger partial charge in [-0.15, -0.1) is 0 Å². The first-order chi connectivity index (χ1) is 10.2. The van der Waals surface area contributed by atoms with Crippen molar-refractivity contribution in [3.63, 3.8) is 0 Å². The number of piperidine rings is 1. The summed E-state index contributed by atoms with van der Waals surface area (Å²) in [6, 6.07) is 4.49. The van der Waals surface area contributed by atoms with Crippen molar-refractivity contribution in [1.29, 1.82) is 0 Å². The van der Waals surface area contributed by atoms with E-state index in [0.29, 0.717) is 12.0 Å². The molecule has 3 heterocycles. The van der Waals surface area contributed by atoms with Gasteiger partial charge in [-0.2, -0.15) is 5.10 Å². The van der Waals surface area contributed by atoms with E-state index >= 15 is 0 Å². The maximum absolute atomic E-state index is 5.35. The predicted molar refractivity (Wildman–Crippen MR) is 82.7 cm³/mol. The van der Waals surface area contributed by atoms with Crippen LogP contribution in [0.2, 0.25) is 0 Å². The van der Waals surface area contributed by atoms with E-state index in [0.717, 1.165) is 30.2 Å². The van der Waals surface area contributed by atoms with Crippen LogP contribution in [0.1, 0.15) is 32.5 Å². The molecule has 0 radical (unpaired) electrons. The molecule has 2 aromatic heterocycles. The molecule has 0 spiro atoms. The van der Waals surface area contributed by atoms with Gasteiger partial charge in [0.25, 0.3) is 0 Å². The van der Waals surface area contributed by atoms with E-state index < -0.39 is 0 Å². The van der Waals surface area contributed by atoms with Crippen LogP contribution in [-0.2, 0) is 6.42 Å². The second-order valence-corrected chi connectivity index (χ2v) is 6.17. The minimum atomic E-state index is 0.627. The van der Waals surface area contributed by atoms with Crippen LogP contribution in [-0.4, -0.2) is 45.7 Å². The molecule has 5 nitrogen and oxygen atoms in total. The van der Waals surface area contributed by atoms with Gasteiger partial charge >= 0.3 is 0 Å². The number of pyridine rings is 1. The van der Waals surface area contributed by atoms with Crippen molar-refractivity contribution < 1.29 is 4.74 Å². The van der Waals surface area contributed by atoms with Crippen molar-refractivity contribution in [3.8, 4) is 5.75 Å². The monoisotopic (exact) mass is 288 g/mol. The van der Waals surface area contributed by atoms with E-state index in [1.807, 2.05) is 22.8 Å². The van der Waals surface area contributed by atoms with Crippen LogP contribution < -0.4 is 4.74 Å². The molecular formula is C16H24N4O. The highest BCUT2D eigenvalue weighted by Gasteiger charge is 2.23. The summed E-state index contributed by atoms with van der Waals surface area (Å²) in [4.78, 5) is 7.22. The van der Waals surface area contributed by atoms with Crippen molar-refractivity contribution in [2.75, 3.05) is 20.2 Å². The Morgan fingerprint density at radius 3 is 3.05 bits per heavy atom. The van der Waals surface area contributed by atoms with Gasteiger partial charge in [0, 0.05) is 25.2 Å². The van der Waals surface area contributed by atoms with Gasteiger partial charge in [-0.3, -0.25) is 0 Å². The fourth-order valence-electron chi connectivity index (χ4n) is 3.16. The summed E-state index contributed by atoms with van der Waals surface area (Å²) in [7, 11) is 1.67. The number of hydrogen-bond acceptors (Lipinski definition) is 4. The highest BCUT2D eigenvalue weighted by molar-refractivity contribution is 5.52. The van der Waals surface area contributed by atoms with Crippen LogP contribution in [0, 0.1) is 5.92 Å². The molecule has 1 atom stereocenters. The number of hydrogen-bond donors (Lipinski definition) is 0. The molecule has 0 amide bonds. The standard InChI is InChI=1S/C16H24N4O/c1-12(2)19-8-4-6-13(11-19)10-15-17-16-14(21-3)7-5-9-20(16)18-15/h5,7,9,12-13H,4,6,8,10-11H2,1-3H3. The summed E-state index contributed by atoms with van der Waals surface area (Å²) in [5.74, 6) is 2.36. The molecule has 0 saturated carbocycles. The van der Waals surface area contributed by atoms with Crippen LogP contribution in [0.5, 0.6) is 5.75 Å². The number of fused-ring (bicyclic) bond motifs is 1. The molecule has 0 bridgehead atoms. The van der Waals surface area contributed by atoms with E-state index in [1.165, 1.54) is 19.4 Å². The van der Waals surface area contributed by atoms with Crippen molar-refractivity contribution >= 4 is 5.65 Å². The summed E-state index contributed by atoms with van der Waals surface area (Å²) < 4.78 is 7.16. The molecule has 0 aliphatic carbocycles. The molecule has 0 N–H and O–H groups in total. The van der Waals surface area contributed by atoms with E-state index in [-0.39, 0.29) is 0 Å². The average molecular weight is 288 g/mol. The molecule has 5 heteroatoms. The predicted octanol–water partition coefficient (Wildman–Crippen LogP) is 2.40. The van der Waals surface area contributed by atoms with E-state index in [1.54, 1.807) is 7.11 Å². The number of nitrogens with zero attached hydrogens (tertiary/aromatic N) is 4. The van der Waals surface area contributed by atoms with Gasteiger partial charge in [0.05, 0.1) is 7.11 Å². The number of methoxy groups -OCH3 is 1. The second-order valence-electron chi connectivity index (χ2n) is 6.17. The Kier molecular flexibility index (Phi) is 4.10. The summed E-state index contributed by atoms with van der Waals surface area (Å²) >= 11 is 0. The van der Waals surface area contributed by atoms with E-state index in [2.05, 4.69) is 28.8 Å². The normalized spacial score (nSPS) is 20.3. The molecule has 1 saturated heterocycles. The molecule has 1 aliphatic heterocycles. The zero-order chi connectivity index (χ0) is 14.8. The average Bonchev–Trinajstić information content (AvgIpc) is 2.89. The third-order valence-electron chi connectivity index (χ3n) is 4.34. The third kappa shape index (κ3) is 3.02. The highest BCUT2D eigenvalue weighted by Crippen LogP contribution is 2.23. The Bertz CT molecular complexity index is 607. The Morgan fingerprint density at radius 2 is 2.29 bits per heavy atom. The Morgan fingerprint density at radius 1 is 1.43 bits per heavy atom. The van der Waals surface area contributed by atoms with Gasteiger partial charge in [0.2, 0.25) is 0 Å². The molecule has 0 aromatic carbocycles. The summed E-state index contributed by atoms with van der Waals surface area (Å²) in [6.07, 6.45) is 5.43. The minimum absolute atomic E-state index is 0.627. The topological polar surface area (TPSA) is 42.7 Å². The number of rotatable bonds is 4. The Labute approximate surface area is 125 Å². The fourth-order valence-corrected chi connectivity index (χ4v) is 3.16. The zero-order valence-corrected chi connectivity index (χ0v) is 13.1. The van der Waals surface area contributed by atoms with Crippen LogP contribution in [0.4, 0.5) is 0 Å². The quantitative estimate of drug-likeness (QED) is 0.866. The molecule has 1 unspecified atom stereocenters. The van der Waals surface area contributed by atoms with Crippen LogP contribution in [0.3, 0.4) is 0 Å². The maximum Gasteiger partial charge on any atom is 0.198 e. The first kappa shape index (κ1) is 14.3. The third-order valence-corrected chi connectivity index (χ3v) is 4.34. The molecule has 1 aliphatic rings. The lowest BCUT2D eigenvalue weighted by molar-refractivity contribution is 0.138. The molecule has 1 fully saturated rings. The minimum Gasteiger partial charge on any atom is -0.493 e. The lowest BCUT2D eigenvalue weighted by Gasteiger charge is -2.35. The molecular weight excluding hydrogens is 264 g/mol. The second kappa shape index (κ2) is 6.02. The van der Waals surface area contributed by atoms with E-state index in [4.69, 9.17) is 4.74 Å². The molecule has 21 heavy (non-hydrogen) atoms. The fraction of sp³-hybridized carbons (Fsp3) is 0.625. The SMILES string of the molecule is COc1cccn2nc(CC3CCCN(C(C)C)C3)nc12. The van der Waals surface area contributed by atoms with Crippen molar-refractivity contribution in [1.82, 2.24) is 19.5 Å². The summed E-state index contributed by atoms with van der Waals surface area (Å²) in [5, 5.41) is 4.59. The first-order valence-corrected chi connectivity index (χ1v) is 7.79. The number of aromatic nitrogens is 3. The highest BCUT2D eigenvalue weighted by atomic mass is 16.5. The van der Waals surface area contributed by atoms with Gasteiger partial charge in [0.1, 0.15) is 0 Å². The van der Waals surface area contributed by atoms with Gasteiger partial charge in [-0.05, 0) is 51.3 Å². The smallest absolute Gasteiger partial charge is 0.198 e. The van der Waals surface area contributed by atoms with Crippen LogP contribution in [0.25, 0.3) is 5.65 Å². The molecule has 114 valence electrons. The van der Waals surface area contributed by atoms with Gasteiger partial charge in [-0.1, -0.05) is 0 Å². The summed E-state index contributed by atoms with van der Waals surface area (Å²) in [6.45, 7) is 6.93. The maximum atomic E-state index is 5.35. The largest absolute Gasteiger partial charge is 0.493 e. The Balaban J connectivity index is 1.75. The molecule has 3 rings (SSSR count). The number of likely N-dealkylation sites (tertiary alicyclic amines) is 1. The van der Waals surface area contributed by atoms with Gasteiger partial charge in [-0.25, -0.2) is 9.50 Å². The Hall–Kier alpha value is -1.62. The summed E-state index contributed by atoms with van der Waals surface area (Å²) in [5.41, 5.74) is 0.812. The lowest BCUT2D eigenvalue weighted by atomic mass is 9.94.